The summed E-state index contributed by atoms with van der Waals surface area (Å²) in [4.78, 5) is 56.6. The molecule has 304 valence electrons. The van der Waals surface area contributed by atoms with Crippen LogP contribution in [0.1, 0.15) is 70.2 Å². The number of nitrogens with zero attached hydrogens (tertiary/aromatic N) is 10. The van der Waals surface area contributed by atoms with Gasteiger partial charge in [-0.15, -0.1) is 0 Å². The normalized spacial score (nSPS) is 14.8. The number of hydrogen-bond donors (Lipinski definition) is 4. The lowest BCUT2D eigenvalue weighted by Crippen LogP contribution is -2.49. The van der Waals surface area contributed by atoms with E-state index in [-0.39, 0.29) is 30.3 Å². The topological polar surface area (TPSA) is 210 Å². The number of fused-ring (bicyclic) bond motifs is 2. The molecule has 1 fully saturated rings. The first-order valence-corrected chi connectivity index (χ1v) is 19.6. The van der Waals surface area contributed by atoms with Gasteiger partial charge >= 0.3 is 0 Å². The number of primary amides is 1. The maximum atomic E-state index is 14.1. The maximum absolute atomic E-state index is 14.1. The van der Waals surface area contributed by atoms with Gasteiger partial charge in [0, 0.05) is 82.3 Å². The molecule has 6 heterocycles. The third kappa shape index (κ3) is 8.62. The highest BCUT2D eigenvalue weighted by Crippen LogP contribution is 2.30. The number of piperazine rings is 1. The van der Waals surface area contributed by atoms with E-state index in [1.54, 1.807) is 55.0 Å². The summed E-state index contributed by atoms with van der Waals surface area (Å²) in [5, 5.41) is 18.3. The van der Waals surface area contributed by atoms with Gasteiger partial charge in [-0.2, -0.15) is 10.2 Å². The number of carbonyl (C=O) groups excluding carboxylic acids is 3. The Hall–Kier alpha value is -6.40. The second-order valence-corrected chi connectivity index (χ2v) is 14.4. The zero-order chi connectivity index (χ0) is 40.9. The van der Waals surface area contributed by atoms with Gasteiger partial charge < -0.3 is 40.5 Å². The van der Waals surface area contributed by atoms with Crippen molar-refractivity contribution in [3.63, 3.8) is 0 Å². The van der Waals surface area contributed by atoms with E-state index in [0.717, 1.165) is 44.0 Å². The SMILES string of the molecule is CCn1nc(C)cc1NC(=O)c1nc2cccnc2n1C/C=C/Cn1c(C(=O)Nc2cc(C)nn2CC)nc2cc(C(N)=O)cc(OCCCN3CCNC(C)C3)c21. The Bertz CT molecular complexity index is 2490. The highest BCUT2D eigenvalue weighted by molar-refractivity contribution is 6.05. The summed E-state index contributed by atoms with van der Waals surface area (Å²) in [6, 6.07) is 10.8. The molecule has 0 saturated carbocycles. The first-order chi connectivity index (χ1) is 28.0. The molecule has 0 radical (unpaired) electrons. The number of aryl methyl sites for hydroxylation is 4. The molecule has 0 aliphatic carbocycles. The monoisotopic (exact) mass is 790 g/mol. The number of aromatic nitrogens is 9. The van der Waals surface area contributed by atoms with Crippen LogP contribution in [0.2, 0.25) is 0 Å². The van der Waals surface area contributed by atoms with Crippen LogP contribution < -0.4 is 26.4 Å². The molecule has 3 amide bonds. The fourth-order valence-corrected chi connectivity index (χ4v) is 7.30. The van der Waals surface area contributed by atoms with Crippen molar-refractivity contribution in [1.29, 1.82) is 0 Å². The van der Waals surface area contributed by atoms with Gasteiger partial charge in [0.2, 0.25) is 17.6 Å². The fourth-order valence-electron chi connectivity index (χ4n) is 7.30. The second-order valence-electron chi connectivity index (χ2n) is 14.4. The van der Waals surface area contributed by atoms with E-state index < -0.39 is 17.7 Å². The van der Waals surface area contributed by atoms with E-state index >= 15 is 0 Å². The van der Waals surface area contributed by atoms with E-state index in [2.05, 4.69) is 47.9 Å². The summed E-state index contributed by atoms with van der Waals surface area (Å²) in [7, 11) is 0. The van der Waals surface area contributed by atoms with Crippen LogP contribution in [0.5, 0.6) is 5.75 Å². The van der Waals surface area contributed by atoms with Crippen molar-refractivity contribution in [3.8, 4) is 5.75 Å². The molecule has 0 bridgehead atoms. The van der Waals surface area contributed by atoms with Crippen LogP contribution in [-0.2, 0) is 26.2 Å². The molecule has 1 saturated heterocycles. The lowest BCUT2D eigenvalue weighted by molar-refractivity contribution is 0.0994. The van der Waals surface area contributed by atoms with Crippen molar-refractivity contribution in [1.82, 2.24) is 53.9 Å². The summed E-state index contributed by atoms with van der Waals surface area (Å²) in [6.07, 6.45) is 6.16. The van der Waals surface area contributed by atoms with E-state index in [1.165, 1.54) is 0 Å². The van der Waals surface area contributed by atoms with Crippen molar-refractivity contribution < 1.29 is 19.1 Å². The third-order valence-electron chi connectivity index (χ3n) is 9.96. The number of amides is 3. The number of rotatable bonds is 16. The van der Waals surface area contributed by atoms with Crippen LogP contribution in [0, 0.1) is 13.8 Å². The summed E-state index contributed by atoms with van der Waals surface area (Å²) in [6.45, 7) is 15.4. The van der Waals surface area contributed by atoms with Gasteiger partial charge in [0.1, 0.15) is 28.4 Å². The van der Waals surface area contributed by atoms with Crippen molar-refractivity contribution in [2.24, 2.45) is 5.73 Å². The molecule has 1 aliphatic rings. The van der Waals surface area contributed by atoms with E-state index in [1.807, 2.05) is 45.9 Å². The quantitative estimate of drug-likeness (QED) is 0.0820. The molecule has 6 aromatic rings. The average molecular weight is 791 g/mol. The number of ether oxygens (including phenoxy) is 1. The molecule has 5 aromatic heterocycles. The van der Waals surface area contributed by atoms with Gasteiger partial charge in [-0.1, -0.05) is 12.2 Å². The number of allylic oxidation sites excluding steroid dienone is 2. The lowest BCUT2D eigenvalue weighted by atomic mass is 10.1. The van der Waals surface area contributed by atoms with Gasteiger partial charge in [0.25, 0.3) is 11.8 Å². The Morgan fingerprint density at radius 2 is 1.55 bits per heavy atom. The summed E-state index contributed by atoms with van der Waals surface area (Å²) < 4.78 is 13.3. The van der Waals surface area contributed by atoms with Crippen molar-refractivity contribution in [2.45, 2.75) is 73.3 Å². The minimum atomic E-state index is -0.639. The molecule has 7 rings (SSSR count). The Labute approximate surface area is 335 Å². The molecule has 1 aromatic carbocycles. The molecular formula is C40H50N14O4. The Morgan fingerprint density at radius 3 is 2.19 bits per heavy atom. The Kier molecular flexibility index (Phi) is 11.9. The Balaban J connectivity index is 1.20. The molecule has 18 nitrogen and oxygen atoms in total. The minimum absolute atomic E-state index is 0.0973. The maximum Gasteiger partial charge on any atom is 0.292 e. The average Bonchev–Trinajstić information content (AvgIpc) is 3.97. The summed E-state index contributed by atoms with van der Waals surface area (Å²) in [5.41, 5.74) is 9.55. The van der Waals surface area contributed by atoms with Crippen LogP contribution in [0.25, 0.3) is 22.2 Å². The molecule has 0 spiro atoms. The molecule has 18 heteroatoms. The van der Waals surface area contributed by atoms with Crippen LogP contribution in [0.15, 0.2) is 54.7 Å². The van der Waals surface area contributed by atoms with Crippen LogP contribution >= 0.6 is 0 Å². The van der Waals surface area contributed by atoms with Crippen molar-refractivity contribution in [3.05, 3.63) is 83.3 Å². The highest BCUT2D eigenvalue weighted by Gasteiger charge is 2.24. The second kappa shape index (κ2) is 17.4. The van der Waals surface area contributed by atoms with E-state index in [4.69, 9.17) is 15.5 Å². The van der Waals surface area contributed by atoms with Gasteiger partial charge in [-0.3, -0.25) is 14.4 Å². The predicted octanol–water partition coefficient (Wildman–Crippen LogP) is 3.75. The molecular weight excluding hydrogens is 741 g/mol. The van der Waals surface area contributed by atoms with Crippen molar-refractivity contribution in [2.75, 3.05) is 43.4 Å². The largest absolute Gasteiger partial charge is 0.491 e. The lowest BCUT2D eigenvalue weighted by Gasteiger charge is -2.31. The van der Waals surface area contributed by atoms with Gasteiger partial charge in [-0.25, -0.2) is 24.3 Å². The zero-order valence-corrected chi connectivity index (χ0v) is 33.5. The van der Waals surface area contributed by atoms with Gasteiger partial charge in [-0.05, 0) is 65.3 Å². The number of nitrogens with one attached hydrogen (secondary N) is 3. The smallest absolute Gasteiger partial charge is 0.292 e. The predicted molar refractivity (Wildman–Crippen MR) is 220 cm³/mol. The zero-order valence-electron chi connectivity index (χ0n) is 33.5. The summed E-state index contributed by atoms with van der Waals surface area (Å²) >= 11 is 0. The number of pyridine rings is 1. The highest BCUT2D eigenvalue weighted by atomic mass is 16.5. The first-order valence-electron chi connectivity index (χ1n) is 19.6. The van der Waals surface area contributed by atoms with E-state index in [9.17, 15) is 14.4 Å². The molecule has 1 atom stereocenters. The molecule has 5 N–H and O–H groups in total. The molecule has 1 unspecified atom stereocenters. The van der Waals surface area contributed by atoms with Gasteiger partial charge in [0.15, 0.2) is 5.65 Å². The number of nitrogens with two attached hydrogens (primary N) is 1. The number of hydrogen-bond acceptors (Lipinski definition) is 11. The van der Waals surface area contributed by atoms with Crippen molar-refractivity contribution >= 4 is 51.6 Å². The first kappa shape index (κ1) is 39.8. The summed E-state index contributed by atoms with van der Waals surface area (Å²) in [5.74, 6) is 0.251. The molecule has 1 aliphatic heterocycles. The minimum Gasteiger partial charge on any atom is -0.491 e. The van der Waals surface area contributed by atoms with Crippen LogP contribution in [0.4, 0.5) is 11.6 Å². The number of anilines is 2. The number of benzene rings is 1. The third-order valence-corrected chi connectivity index (χ3v) is 9.96. The Morgan fingerprint density at radius 1 is 0.914 bits per heavy atom. The van der Waals surface area contributed by atoms with Crippen LogP contribution in [0.3, 0.4) is 0 Å². The fraction of sp³-hybridized carbons (Fsp3) is 0.400. The van der Waals surface area contributed by atoms with Gasteiger partial charge in [0.05, 0.1) is 23.5 Å². The van der Waals surface area contributed by atoms with Crippen LogP contribution in [-0.4, -0.2) is 105 Å². The number of imidazole rings is 2. The number of carbonyl (C=O) groups is 3. The molecule has 58 heavy (non-hydrogen) atoms. The van der Waals surface area contributed by atoms with E-state index in [0.29, 0.717) is 65.3 Å². The standard InChI is InChI=1S/C40H50N14O4/c1-6-53-32(20-25(3)48-53)46-39(56)37-45-30-22-28(35(41)55)23-31(58-19-11-15-50-18-14-42-27(5)24-50)34(30)51(37)16-8-9-17-52-36-29(12-10-13-43-36)44-38(52)40(57)47-33-21-26(4)49-54(33)7-2/h8-10,12-13,20-23,27,42H,6-7,11,14-19,24H2,1-5H3,(H2,41,55)(H,46,56)(H,47,57)/b9-8+.